The van der Waals surface area contributed by atoms with Crippen LogP contribution in [0.1, 0.15) is 13.3 Å². The van der Waals surface area contributed by atoms with Crippen LogP contribution in [-0.2, 0) is 9.59 Å². The Morgan fingerprint density at radius 3 is 2.48 bits per heavy atom. The summed E-state index contributed by atoms with van der Waals surface area (Å²) in [4.78, 5) is 37.3. The number of halogens is 2. The maximum Gasteiger partial charge on any atom is 0.269 e. The average molecular weight is 456 g/mol. The standard InChI is InChI=1S/C19H19Cl2N3O4S/c1-2-9-23(11-18(25)22-17-10-13(20)3-8-16(17)21)19(26)12-29-15-6-4-14(5-7-15)24(27)28/h3-8,10H,2,9,11-12H2,1H3,(H,22,25). The molecule has 154 valence electrons. The molecule has 0 spiro atoms. The van der Waals surface area contributed by atoms with Crippen molar-refractivity contribution >= 4 is 58.2 Å². The zero-order chi connectivity index (χ0) is 21.4. The van der Waals surface area contributed by atoms with Crippen LogP contribution in [-0.4, -0.2) is 40.5 Å². The lowest BCUT2D eigenvalue weighted by Crippen LogP contribution is -2.39. The van der Waals surface area contributed by atoms with Gasteiger partial charge in [-0.05, 0) is 36.8 Å². The van der Waals surface area contributed by atoms with Crippen LogP contribution >= 0.6 is 35.0 Å². The molecule has 2 aromatic rings. The van der Waals surface area contributed by atoms with Crippen LogP contribution < -0.4 is 5.32 Å². The number of hydrogen-bond donors (Lipinski definition) is 1. The molecule has 1 N–H and O–H groups in total. The first kappa shape index (κ1) is 23.0. The van der Waals surface area contributed by atoms with E-state index >= 15 is 0 Å². The number of nitrogens with zero attached hydrogens (tertiary/aromatic N) is 2. The SMILES string of the molecule is CCCN(CC(=O)Nc1cc(Cl)ccc1Cl)C(=O)CSc1ccc([N+](=O)[O-])cc1. The number of rotatable bonds is 9. The topological polar surface area (TPSA) is 92.6 Å². The van der Waals surface area contributed by atoms with Crippen molar-refractivity contribution in [2.45, 2.75) is 18.2 Å². The second-order valence-electron chi connectivity index (χ2n) is 6.03. The number of nitro groups is 1. The molecule has 0 radical (unpaired) electrons. The highest BCUT2D eigenvalue weighted by atomic mass is 35.5. The largest absolute Gasteiger partial charge is 0.333 e. The molecule has 2 amide bonds. The highest BCUT2D eigenvalue weighted by molar-refractivity contribution is 8.00. The van der Waals surface area contributed by atoms with Gasteiger partial charge in [0.05, 0.1) is 27.9 Å². The van der Waals surface area contributed by atoms with Crippen LogP contribution in [0.5, 0.6) is 0 Å². The Labute approximate surface area is 182 Å². The second-order valence-corrected chi connectivity index (χ2v) is 7.92. The fourth-order valence-corrected chi connectivity index (χ4v) is 3.56. The predicted molar refractivity (Wildman–Crippen MR) is 116 cm³/mol. The first-order chi connectivity index (χ1) is 13.8. The van der Waals surface area contributed by atoms with Crippen LogP contribution in [0, 0.1) is 10.1 Å². The highest BCUT2D eigenvalue weighted by Gasteiger charge is 2.18. The normalized spacial score (nSPS) is 10.4. The molecule has 0 aliphatic heterocycles. The third-order valence-corrected chi connectivity index (χ3v) is 5.35. The summed E-state index contributed by atoms with van der Waals surface area (Å²) in [6, 6.07) is 10.7. The molecule has 0 atom stereocenters. The third kappa shape index (κ3) is 7.23. The van der Waals surface area contributed by atoms with Crippen molar-refractivity contribution in [3.8, 4) is 0 Å². The van der Waals surface area contributed by atoms with E-state index in [1.165, 1.54) is 34.9 Å². The van der Waals surface area contributed by atoms with E-state index in [9.17, 15) is 19.7 Å². The van der Waals surface area contributed by atoms with E-state index in [0.29, 0.717) is 28.7 Å². The maximum atomic E-state index is 12.6. The summed E-state index contributed by atoms with van der Waals surface area (Å²) in [5, 5.41) is 14.2. The molecule has 7 nitrogen and oxygen atoms in total. The summed E-state index contributed by atoms with van der Waals surface area (Å²) >= 11 is 13.2. The van der Waals surface area contributed by atoms with Crippen molar-refractivity contribution < 1.29 is 14.5 Å². The predicted octanol–water partition coefficient (Wildman–Crippen LogP) is 4.87. The number of benzene rings is 2. The van der Waals surface area contributed by atoms with E-state index < -0.39 is 4.92 Å². The minimum Gasteiger partial charge on any atom is -0.333 e. The molecule has 0 saturated heterocycles. The molecular formula is C19H19Cl2N3O4S. The van der Waals surface area contributed by atoms with Gasteiger partial charge in [0.15, 0.2) is 0 Å². The summed E-state index contributed by atoms with van der Waals surface area (Å²) in [7, 11) is 0. The quantitative estimate of drug-likeness (QED) is 0.330. The summed E-state index contributed by atoms with van der Waals surface area (Å²) in [5.74, 6) is -0.470. The Kier molecular flexibility index (Phi) is 8.75. The number of nitro benzene ring substituents is 1. The average Bonchev–Trinajstić information content (AvgIpc) is 2.69. The van der Waals surface area contributed by atoms with Gasteiger partial charge in [-0.2, -0.15) is 0 Å². The molecule has 10 heteroatoms. The second kappa shape index (κ2) is 11.0. The molecule has 29 heavy (non-hydrogen) atoms. The zero-order valence-corrected chi connectivity index (χ0v) is 17.9. The summed E-state index contributed by atoms with van der Waals surface area (Å²) in [6.07, 6.45) is 0.694. The first-order valence-electron chi connectivity index (χ1n) is 8.70. The number of carbonyl (C=O) groups is 2. The molecular weight excluding hydrogens is 437 g/mol. The van der Waals surface area contributed by atoms with Gasteiger partial charge in [0.2, 0.25) is 11.8 Å². The first-order valence-corrected chi connectivity index (χ1v) is 10.4. The Morgan fingerprint density at radius 1 is 1.17 bits per heavy atom. The van der Waals surface area contributed by atoms with E-state index in [2.05, 4.69) is 5.32 Å². The van der Waals surface area contributed by atoms with Crippen LogP contribution in [0.25, 0.3) is 0 Å². The molecule has 0 aliphatic rings. The van der Waals surface area contributed by atoms with E-state index in [1.54, 1.807) is 24.3 Å². The Hall–Kier alpha value is -2.29. The van der Waals surface area contributed by atoms with Crippen molar-refractivity contribution in [2.24, 2.45) is 0 Å². The van der Waals surface area contributed by atoms with E-state index in [1.807, 2.05) is 6.92 Å². The van der Waals surface area contributed by atoms with Crippen molar-refractivity contribution in [1.82, 2.24) is 4.90 Å². The molecule has 2 aromatic carbocycles. The van der Waals surface area contributed by atoms with Crippen LogP contribution in [0.4, 0.5) is 11.4 Å². The molecule has 0 heterocycles. The monoisotopic (exact) mass is 455 g/mol. The summed E-state index contributed by atoms with van der Waals surface area (Å²) in [6.45, 7) is 2.22. The van der Waals surface area contributed by atoms with Gasteiger partial charge in [-0.3, -0.25) is 19.7 Å². The van der Waals surface area contributed by atoms with E-state index in [4.69, 9.17) is 23.2 Å². The smallest absolute Gasteiger partial charge is 0.269 e. The van der Waals surface area contributed by atoms with E-state index in [0.717, 1.165) is 4.90 Å². The van der Waals surface area contributed by atoms with Crippen LogP contribution in [0.15, 0.2) is 47.4 Å². The maximum absolute atomic E-state index is 12.6. The van der Waals surface area contributed by atoms with Gasteiger partial charge in [0, 0.05) is 28.6 Å². The minimum atomic E-state index is -0.479. The Morgan fingerprint density at radius 2 is 1.86 bits per heavy atom. The lowest BCUT2D eigenvalue weighted by molar-refractivity contribution is -0.384. The molecule has 0 aromatic heterocycles. The fraction of sp³-hybridized carbons (Fsp3) is 0.263. The molecule has 0 unspecified atom stereocenters. The molecule has 0 saturated carbocycles. The number of anilines is 1. The molecule has 0 fully saturated rings. The number of nitrogens with one attached hydrogen (secondary N) is 1. The number of carbonyl (C=O) groups excluding carboxylic acids is 2. The van der Waals surface area contributed by atoms with Crippen molar-refractivity contribution in [1.29, 1.82) is 0 Å². The van der Waals surface area contributed by atoms with Crippen molar-refractivity contribution in [2.75, 3.05) is 24.2 Å². The molecule has 2 rings (SSSR count). The van der Waals surface area contributed by atoms with Gasteiger partial charge in [-0.1, -0.05) is 30.1 Å². The Bertz CT molecular complexity index is 894. The highest BCUT2D eigenvalue weighted by Crippen LogP contribution is 2.25. The molecule has 0 bridgehead atoms. The van der Waals surface area contributed by atoms with Crippen molar-refractivity contribution in [3.05, 3.63) is 62.6 Å². The van der Waals surface area contributed by atoms with Gasteiger partial charge in [-0.25, -0.2) is 0 Å². The van der Waals surface area contributed by atoms with Crippen LogP contribution in [0.3, 0.4) is 0 Å². The number of hydrogen-bond acceptors (Lipinski definition) is 5. The van der Waals surface area contributed by atoms with Gasteiger partial charge in [0.25, 0.3) is 5.69 Å². The molecule has 0 aliphatic carbocycles. The van der Waals surface area contributed by atoms with Gasteiger partial charge < -0.3 is 10.2 Å². The van der Waals surface area contributed by atoms with Gasteiger partial charge in [-0.15, -0.1) is 11.8 Å². The number of amides is 2. The van der Waals surface area contributed by atoms with Gasteiger partial charge >= 0.3 is 0 Å². The van der Waals surface area contributed by atoms with Crippen molar-refractivity contribution in [3.63, 3.8) is 0 Å². The number of non-ortho nitro benzene ring substituents is 1. The Balaban J connectivity index is 1.94. The number of thioether (sulfide) groups is 1. The fourth-order valence-electron chi connectivity index (χ4n) is 2.42. The van der Waals surface area contributed by atoms with Crippen LogP contribution in [0.2, 0.25) is 10.0 Å². The lowest BCUT2D eigenvalue weighted by Gasteiger charge is -2.21. The minimum absolute atomic E-state index is 0.00960. The lowest BCUT2D eigenvalue weighted by atomic mass is 10.3. The summed E-state index contributed by atoms with van der Waals surface area (Å²) in [5.41, 5.74) is 0.373. The van der Waals surface area contributed by atoms with E-state index in [-0.39, 0.29) is 29.8 Å². The summed E-state index contributed by atoms with van der Waals surface area (Å²) < 4.78 is 0. The third-order valence-electron chi connectivity index (χ3n) is 3.79. The zero-order valence-electron chi connectivity index (χ0n) is 15.6. The van der Waals surface area contributed by atoms with Gasteiger partial charge in [0.1, 0.15) is 0 Å².